The van der Waals surface area contributed by atoms with Gasteiger partial charge in [0.2, 0.25) is 0 Å². The van der Waals surface area contributed by atoms with E-state index < -0.39 is 11.4 Å². The lowest BCUT2D eigenvalue weighted by atomic mass is 9.84. The second-order valence-electron chi connectivity index (χ2n) is 4.79. The maximum Gasteiger partial charge on any atom is 0.171 e. The number of rotatable bonds is 3. The number of halogens is 1. The van der Waals surface area contributed by atoms with E-state index in [1.165, 1.54) is 7.11 Å². The van der Waals surface area contributed by atoms with Gasteiger partial charge in [-0.05, 0) is 25.5 Å². The first-order chi connectivity index (χ1) is 8.60. The third-order valence-electron chi connectivity index (χ3n) is 3.81. The number of piperidine rings is 1. The normalized spacial score (nSPS) is 19.8. The summed E-state index contributed by atoms with van der Waals surface area (Å²) in [5.74, 6) is -0.244. The lowest BCUT2D eigenvalue weighted by molar-refractivity contribution is -0.0275. The first kappa shape index (κ1) is 13.3. The zero-order valence-electron chi connectivity index (χ0n) is 10.9. The number of nitrogens with zero attached hydrogens (tertiary/aromatic N) is 1. The van der Waals surface area contributed by atoms with E-state index in [0.717, 1.165) is 19.6 Å². The van der Waals surface area contributed by atoms with Gasteiger partial charge < -0.3 is 14.7 Å². The standard InChI is InChI=1S/C14H20FNO2/c1-3-16-9-7-14(17,8-10-16)11-5-4-6-12(18-2)13(11)15/h4-6,17H,3,7-10H2,1-2H3. The molecule has 1 heterocycles. The predicted octanol–water partition coefficient (Wildman–Crippen LogP) is 2.14. The van der Waals surface area contributed by atoms with Gasteiger partial charge in [0.25, 0.3) is 0 Å². The smallest absolute Gasteiger partial charge is 0.171 e. The number of benzene rings is 1. The van der Waals surface area contributed by atoms with Gasteiger partial charge in [-0.25, -0.2) is 4.39 Å². The molecule has 0 bridgehead atoms. The second kappa shape index (κ2) is 5.24. The van der Waals surface area contributed by atoms with E-state index in [-0.39, 0.29) is 5.75 Å². The van der Waals surface area contributed by atoms with Crippen LogP contribution in [0.2, 0.25) is 0 Å². The minimum atomic E-state index is -1.07. The van der Waals surface area contributed by atoms with Gasteiger partial charge in [-0.15, -0.1) is 0 Å². The van der Waals surface area contributed by atoms with Crippen molar-refractivity contribution in [3.63, 3.8) is 0 Å². The third kappa shape index (κ3) is 2.35. The maximum atomic E-state index is 14.2. The molecular weight excluding hydrogens is 233 g/mol. The molecule has 4 heteroatoms. The molecule has 0 aromatic heterocycles. The molecule has 0 spiro atoms. The highest BCUT2D eigenvalue weighted by Gasteiger charge is 2.36. The summed E-state index contributed by atoms with van der Waals surface area (Å²) in [5, 5.41) is 10.6. The van der Waals surface area contributed by atoms with E-state index in [4.69, 9.17) is 4.74 Å². The highest BCUT2D eigenvalue weighted by Crippen LogP contribution is 2.36. The zero-order chi connectivity index (χ0) is 13.2. The highest BCUT2D eigenvalue weighted by atomic mass is 19.1. The lowest BCUT2D eigenvalue weighted by Crippen LogP contribution is -2.42. The Hall–Kier alpha value is -1.13. The van der Waals surface area contributed by atoms with Gasteiger partial charge in [0, 0.05) is 18.7 Å². The van der Waals surface area contributed by atoms with E-state index in [9.17, 15) is 9.50 Å². The van der Waals surface area contributed by atoms with Crippen LogP contribution in [-0.4, -0.2) is 36.8 Å². The molecule has 1 aromatic carbocycles. The summed E-state index contributed by atoms with van der Waals surface area (Å²) in [7, 11) is 1.44. The molecule has 1 saturated heterocycles. The Labute approximate surface area is 107 Å². The predicted molar refractivity (Wildman–Crippen MR) is 68.2 cm³/mol. The molecule has 1 N–H and O–H groups in total. The summed E-state index contributed by atoms with van der Waals surface area (Å²) in [4.78, 5) is 2.26. The van der Waals surface area contributed by atoms with E-state index in [2.05, 4.69) is 11.8 Å². The van der Waals surface area contributed by atoms with Crippen LogP contribution in [-0.2, 0) is 5.60 Å². The number of hydrogen-bond donors (Lipinski definition) is 1. The van der Waals surface area contributed by atoms with Gasteiger partial charge >= 0.3 is 0 Å². The molecular formula is C14H20FNO2. The molecule has 0 amide bonds. The zero-order valence-corrected chi connectivity index (χ0v) is 10.9. The number of likely N-dealkylation sites (tertiary alicyclic amines) is 1. The number of aliphatic hydroxyl groups is 1. The Bertz CT molecular complexity index is 414. The van der Waals surface area contributed by atoms with Crippen molar-refractivity contribution in [2.45, 2.75) is 25.4 Å². The monoisotopic (exact) mass is 253 g/mol. The summed E-state index contributed by atoms with van der Waals surface area (Å²) in [6, 6.07) is 4.95. The number of methoxy groups -OCH3 is 1. The van der Waals surface area contributed by atoms with Crippen molar-refractivity contribution < 1.29 is 14.2 Å². The molecule has 1 fully saturated rings. The Morgan fingerprint density at radius 2 is 2.06 bits per heavy atom. The molecule has 1 aliphatic heterocycles. The Morgan fingerprint density at radius 1 is 1.39 bits per heavy atom. The quantitative estimate of drug-likeness (QED) is 0.895. The fourth-order valence-corrected chi connectivity index (χ4v) is 2.54. The van der Waals surface area contributed by atoms with Crippen molar-refractivity contribution in [3.8, 4) is 5.75 Å². The first-order valence-corrected chi connectivity index (χ1v) is 6.38. The van der Waals surface area contributed by atoms with E-state index >= 15 is 0 Å². The van der Waals surface area contributed by atoms with E-state index in [1.807, 2.05) is 0 Å². The number of hydrogen-bond acceptors (Lipinski definition) is 3. The first-order valence-electron chi connectivity index (χ1n) is 6.38. The van der Waals surface area contributed by atoms with Crippen LogP contribution in [0.25, 0.3) is 0 Å². The molecule has 3 nitrogen and oxygen atoms in total. The molecule has 2 rings (SSSR count). The Morgan fingerprint density at radius 3 is 2.61 bits per heavy atom. The molecule has 1 aromatic rings. The molecule has 100 valence electrons. The SMILES string of the molecule is CCN1CCC(O)(c2cccc(OC)c2F)CC1. The summed E-state index contributed by atoms with van der Waals surface area (Å²) in [6.45, 7) is 4.65. The van der Waals surface area contributed by atoms with Crippen LogP contribution in [0, 0.1) is 5.82 Å². The Balaban J connectivity index is 2.26. The van der Waals surface area contributed by atoms with Crippen LogP contribution in [0.5, 0.6) is 5.75 Å². The summed E-state index contributed by atoms with van der Waals surface area (Å²) >= 11 is 0. The minimum Gasteiger partial charge on any atom is -0.494 e. The van der Waals surface area contributed by atoms with Crippen molar-refractivity contribution in [2.75, 3.05) is 26.7 Å². The fourth-order valence-electron chi connectivity index (χ4n) is 2.54. The van der Waals surface area contributed by atoms with Crippen LogP contribution in [0.15, 0.2) is 18.2 Å². The van der Waals surface area contributed by atoms with E-state index in [0.29, 0.717) is 18.4 Å². The molecule has 0 radical (unpaired) electrons. The van der Waals surface area contributed by atoms with Crippen molar-refractivity contribution in [2.24, 2.45) is 0 Å². The van der Waals surface area contributed by atoms with Crippen LogP contribution >= 0.6 is 0 Å². The van der Waals surface area contributed by atoms with Crippen LogP contribution in [0.1, 0.15) is 25.3 Å². The van der Waals surface area contributed by atoms with Gasteiger partial charge in [0.15, 0.2) is 11.6 Å². The third-order valence-corrected chi connectivity index (χ3v) is 3.81. The Kier molecular flexibility index (Phi) is 3.88. The van der Waals surface area contributed by atoms with Gasteiger partial charge in [-0.1, -0.05) is 19.1 Å². The molecule has 0 saturated carbocycles. The van der Waals surface area contributed by atoms with Crippen LogP contribution < -0.4 is 4.74 Å². The summed E-state index contributed by atoms with van der Waals surface area (Å²) < 4.78 is 19.2. The molecule has 0 unspecified atom stereocenters. The molecule has 18 heavy (non-hydrogen) atoms. The van der Waals surface area contributed by atoms with Gasteiger partial charge in [-0.2, -0.15) is 0 Å². The summed E-state index contributed by atoms with van der Waals surface area (Å²) in [6.07, 6.45) is 1.12. The van der Waals surface area contributed by atoms with Crippen LogP contribution in [0.4, 0.5) is 4.39 Å². The number of ether oxygens (including phenoxy) is 1. The minimum absolute atomic E-state index is 0.193. The average molecular weight is 253 g/mol. The maximum absolute atomic E-state index is 14.2. The lowest BCUT2D eigenvalue weighted by Gasteiger charge is -2.38. The van der Waals surface area contributed by atoms with Crippen molar-refractivity contribution in [3.05, 3.63) is 29.6 Å². The average Bonchev–Trinajstić information content (AvgIpc) is 2.40. The highest BCUT2D eigenvalue weighted by molar-refractivity contribution is 5.35. The van der Waals surface area contributed by atoms with Crippen molar-refractivity contribution in [1.82, 2.24) is 4.90 Å². The van der Waals surface area contributed by atoms with Gasteiger partial charge in [-0.3, -0.25) is 0 Å². The second-order valence-corrected chi connectivity index (χ2v) is 4.79. The van der Waals surface area contributed by atoms with Crippen molar-refractivity contribution in [1.29, 1.82) is 0 Å². The molecule has 0 atom stereocenters. The topological polar surface area (TPSA) is 32.7 Å². The van der Waals surface area contributed by atoms with E-state index in [1.54, 1.807) is 18.2 Å². The summed E-state index contributed by atoms with van der Waals surface area (Å²) in [5.41, 5.74) is -0.706. The van der Waals surface area contributed by atoms with Crippen molar-refractivity contribution >= 4 is 0 Å². The largest absolute Gasteiger partial charge is 0.494 e. The fraction of sp³-hybridized carbons (Fsp3) is 0.571. The molecule has 0 aliphatic carbocycles. The van der Waals surface area contributed by atoms with Gasteiger partial charge in [0.1, 0.15) is 0 Å². The molecule has 1 aliphatic rings. The van der Waals surface area contributed by atoms with Crippen LogP contribution in [0.3, 0.4) is 0 Å². The van der Waals surface area contributed by atoms with Gasteiger partial charge in [0.05, 0.1) is 12.7 Å².